The molecular formula is C18H29NO3P+. The summed E-state index contributed by atoms with van der Waals surface area (Å²) >= 11 is 0. The number of hydrogen-bond donors (Lipinski definition) is 0. The molecule has 0 fully saturated rings. The van der Waals surface area contributed by atoms with Crippen LogP contribution in [-0.4, -0.2) is 36.2 Å². The van der Waals surface area contributed by atoms with Crippen LogP contribution in [0.3, 0.4) is 0 Å². The topological polar surface area (TPSA) is 38.5 Å². The van der Waals surface area contributed by atoms with Gasteiger partial charge in [-0.15, -0.1) is 0 Å². The van der Waals surface area contributed by atoms with Crippen LogP contribution in [0.25, 0.3) is 0 Å². The molecule has 1 aromatic rings. The van der Waals surface area contributed by atoms with Gasteiger partial charge in [-0.3, -0.25) is 4.57 Å². The van der Waals surface area contributed by atoms with Crippen molar-refractivity contribution in [2.24, 2.45) is 0 Å². The molecule has 0 spiro atoms. The first-order valence-electron chi connectivity index (χ1n) is 8.45. The summed E-state index contributed by atoms with van der Waals surface area (Å²) in [5.41, 5.74) is 3.99. The predicted octanol–water partition coefficient (Wildman–Crippen LogP) is 4.74. The number of nitrogens with zero attached hydrogens (tertiary/aromatic N) is 1. The molecule has 0 aliphatic carbocycles. The van der Waals surface area contributed by atoms with Crippen LogP contribution in [0.4, 0.5) is 5.69 Å². The van der Waals surface area contributed by atoms with Crippen LogP contribution in [-0.2, 0) is 19.0 Å². The maximum Gasteiger partial charge on any atom is 0.330 e. The van der Waals surface area contributed by atoms with E-state index in [0.29, 0.717) is 19.4 Å². The van der Waals surface area contributed by atoms with Crippen molar-refractivity contribution in [3.8, 4) is 0 Å². The molecule has 0 N–H and O–H groups in total. The van der Waals surface area contributed by atoms with Crippen molar-refractivity contribution in [2.45, 2.75) is 46.5 Å². The lowest BCUT2D eigenvalue weighted by molar-refractivity contribution is -0.438. The average Bonchev–Trinajstić information content (AvgIpc) is 2.69. The van der Waals surface area contributed by atoms with E-state index in [1.165, 1.54) is 17.0 Å². The van der Waals surface area contributed by atoms with Gasteiger partial charge >= 0.3 is 7.60 Å². The van der Waals surface area contributed by atoms with Crippen LogP contribution in [0.1, 0.15) is 46.6 Å². The number of rotatable bonds is 8. The maximum absolute atomic E-state index is 12.6. The first-order valence-corrected chi connectivity index (χ1v) is 10.2. The smallest absolute Gasteiger partial charge is 0.309 e. The Kier molecular flexibility index (Phi) is 5.83. The molecule has 23 heavy (non-hydrogen) atoms. The average molecular weight is 338 g/mol. The van der Waals surface area contributed by atoms with E-state index in [4.69, 9.17) is 9.05 Å². The fourth-order valence-corrected chi connectivity index (χ4v) is 4.87. The van der Waals surface area contributed by atoms with Crippen molar-refractivity contribution >= 4 is 19.0 Å². The minimum atomic E-state index is -2.95. The molecule has 0 radical (unpaired) electrons. The normalized spacial score (nSPS) is 16.7. The lowest BCUT2D eigenvalue weighted by atomic mass is 9.82. The summed E-state index contributed by atoms with van der Waals surface area (Å²) in [6.07, 6.45) is 1.24. The first kappa shape index (κ1) is 18.4. The number of fused-ring (bicyclic) bond motifs is 1. The van der Waals surface area contributed by atoms with Gasteiger partial charge in [-0.05, 0) is 27.7 Å². The fourth-order valence-electron chi connectivity index (χ4n) is 3.22. The van der Waals surface area contributed by atoms with E-state index in [9.17, 15) is 4.57 Å². The highest BCUT2D eigenvalue weighted by Gasteiger charge is 2.42. The standard InChI is InChI=1S/C18H29NO3P/c1-6-21-23(20,22-7-2)14-10-13-19-15(3)18(4,5)16-11-8-9-12-17(16)19/h8-9,11-12H,6-7,10,13-14H2,1-5H3/q+1. The van der Waals surface area contributed by atoms with E-state index in [1.807, 2.05) is 13.8 Å². The van der Waals surface area contributed by atoms with E-state index >= 15 is 0 Å². The number of hydrogen-bond acceptors (Lipinski definition) is 3. The zero-order valence-corrected chi connectivity index (χ0v) is 15.9. The monoisotopic (exact) mass is 338 g/mol. The van der Waals surface area contributed by atoms with E-state index in [1.54, 1.807) is 0 Å². The molecule has 0 saturated heterocycles. The van der Waals surface area contributed by atoms with Crippen molar-refractivity contribution in [1.29, 1.82) is 0 Å². The SMILES string of the molecule is CCOP(=O)(CCC[N+]1=C(C)C(C)(C)c2ccccc21)OCC. The third kappa shape index (κ3) is 3.76. The lowest BCUT2D eigenvalue weighted by Crippen LogP contribution is -2.26. The van der Waals surface area contributed by atoms with Gasteiger partial charge in [0.05, 0.1) is 24.8 Å². The van der Waals surface area contributed by atoms with Gasteiger partial charge in [0.2, 0.25) is 5.69 Å². The van der Waals surface area contributed by atoms with E-state index in [2.05, 4.69) is 49.6 Å². The van der Waals surface area contributed by atoms with Gasteiger partial charge in [0.25, 0.3) is 0 Å². The number of para-hydroxylation sites is 1. The van der Waals surface area contributed by atoms with Crippen molar-refractivity contribution in [2.75, 3.05) is 25.9 Å². The zero-order chi connectivity index (χ0) is 17.1. The quantitative estimate of drug-likeness (QED) is 0.508. The van der Waals surface area contributed by atoms with Crippen LogP contribution in [0, 0.1) is 0 Å². The molecule has 1 aliphatic rings. The lowest BCUT2D eigenvalue weighted by Gasteiger charge is -2.16. The summed E-state index contributed by atoms with van der Waals surface area (Å²) in [7, 11) is -2.95. The highest BCUT2D eigenvalue weighted by atomic mass is 31.2. The maximum atomic E-state index is 12.6. The number of benzene rings is 1. The third-order valence-corrected chi connectivity index (χ3v) is 6.81. The Hall–Kier alpha value is -0.960. The minimum Gasteiger partial charge on any atom is -0.309 e. The minimum absolute atomic E-state index is 0.0418. The second kappa shape index (κ2) is 7.29. The summed E-state index contributed by atoms with van der Waals surface area (Å²) in [6.45, 7) is 12.1. The zero-order valence-electron chi connectivity index (χ0n) is 15.0. The molecule has 4 nitrogen and oxygen atoms in total. The van der Waals surface area contributed by atoms with Crippen molar-refractivity contribution in [3.63, 3.8) is 0 Å². The molecule has 128 valence electrons. The molecule has 0 amide bonds. The van der Waals surface area contributed by atoms with E-state index < -0.39 is 7.60 Å². The van der Waals surface area contributed by atoms with Crippen LogP contribution < -0.4 is 0 Å². The Bertz CT molecular complexity index is 627. The van der Waals surface area contributed by atoms with Gasteiger partial charge in [0, 0.05) is 25.0 Å². The summed E-state index contributed by atoms with van der Waals surface area (Å²) in [4.78, 5) is 0. The van der Waals surface area contributed by atoms with Gasteiger partial charge in [0.1, 0.15) is 6.54 Å². The largest absolute Gasteiger partial charge is 0.330 e. The second-order valence-electron chi connectivity index (χ2n) is 6.40. The summed E-state index contributed by atoms with van der Waals surface area (Å²) in [6, 6.07) is 8.53. The molecule has 2 rings (SSSR count). The molecule has 0 bridgehead atoms. The third-order valence-electron chi connectivity index (χ3n) is 4.64. The van der Waals surface area contributed by atoms with Gasteiger partial charge in [-0.1, -0.05) is 18.2 Å². The molecule has 1 aliphatic heterocycles. The van der Waals surface area contributed by atoms with Crippen molar-refractivity contribution < 1.29 is 18.2 Å². The Morgan fingerprint density at radius 1 is 1.13 bits per heavy atom. The Labute approximate surface area is 140 Å². The van der Waals surface area contributed by atoms with Gasteiger partial charge in [-0.2, -0.15) is 4.58 Å². The summed E-state index contributed by atoms with van der Waals surface area (Å²) < 4.78 is 25.7. The molecule has 0 unspecified atom stereocenters. The Balaban J connectivity index is 2.12. The molecule has 5 heteroatoms. The fraction of sp³-hybridized carbons (Fsp3) is 0.611. The van der Waals surface area contributed by atoms with Gasteiger partial charge in [-0.25, -0.2) is 0 Å². The molecule has 1 aromatic carbocycles. The van der Waals surface area contributed by atoms with Crippen LogP contribution >= 0.6 is 7.60 Å². The first-order chi connectivity index (χ1) is 10.9. The van der Waals surface area contributed by atoms with Gasteiger partial charge in [0.15, 0.2) is 5.71 Å². The molecule has 1 heterocycles. The molecule has 0 saturated carbocycles. The van der Waals surface area contributed by atoms with E-state index in [0.717, 1.165) is 13.0 Å². The van der Waals surface area contributed by atoms with Crippen molar-refractivity contribution in [1.82, 2.24) is 0 Å². The Morgan fingerprint density at radius 3 is 2.35 bits per heavy atom. The van der Waals surface area contributed by atoms with E-state index in [-0.39, 0.29) is 5.41 Å². The van der Waals surface area contributed by atoms with Crippen LogP contribution in [0.15, 0.2) is 24.3 Å². The summed E-state index contributed by atoms with van der Waals surface area (Å²) in [5.74, 6) is 0. The molecule has 0 atom stereocenters. The van der Waals surface area contributed by atoms with Crippen molar-refractivity contribution in [3.05, 3.63) is 29.8 Å². The molecule has 0 aromatic heterocycles. The summed E-state index contributed by atoms with van der Waals surface area (Å²) in [5, 5.41) is 0. The molecular weight excluding hydrogens is 309 g/mol. The van der Waals surface area contributed by atoms with Gasteiger partial charge < -0.3 is 9.05 Å². The Morgan fingerprint density at radius 2 is 1.74 bits per heavy atom. The predicted molar refractivity (Wildman–Crippen MR) is 95.3 cm³/mol. The van der Waals surface area contributed by atoms with Crippen LogP contribution in [0.5, 0.6) is 0 Å². The highest BCUT2D eigenvalue weighted by Crippen LogP contribution is 2.48. The second-order valence-corrected chi connectivity index (χ2v) is 8.59. The highest BCUT2D eigenvalue weighted by molar-refractivity contribution is 7.53. The van der Waals surface area contributed by atoms with Crippen LogP contribution in [0.2, 0.25) is 0 Å².